The Morgan fingerprint density at radius 1 is 1.38 bits per heavy atom. The van der Waals surface area contributed by atoms with E-state index in [1.54, 1.807) is 17.5 Å². The second-order valence-electron chi connectivity index (χ2n) is 6.47. The SMILES string of the molecule is O=C(Nc1cc(Cl)ccc1O)c1cnn2c1N[C@@H](c1cccs1)C[C@@H]2C(F)(F)F. The summed E-state index contributed by atoms with van der Waals surface area (Å²) in [7, 11) is 0. The molecule has 0 bridgehead atoms. The predicted molar refractivity (Wildman–Crippen MR) is 104 cm³/mol. The summed E-state index contributed by atoms with van der Waals surface area (Å²) in [5.74, 6) is -0.971. The molecule has 2 atom stereocenters. The van der Waals surface area contributed by atoms with Crippen molar-refractivity contribution >= 4 is 40.4 Å². The van der Waals surface area contributed by atoms with Crippen molar-refractivity contribution in [2.45, 2.75) is 24.7 Å². The number of phenols is 1. The first kappa shape index (κ1) is 19.6. The van der Waals surface area contributed by atoms with Crippen molar-refractivity contribution < 1.29 is 23.1 Å². The van der Waals surface area contributed by atoms with Crippen LogP contribution in [0.5, 0.6) is 5.75 Å². The molecular weight excluding hydrogens is 429 g/mol. The third-order valence-electron chi connectivity index (χ3n) is 4.58. The van der Waals surface area contributed by atoms with E-state index in [-0.39, 0.29) is 34.3 Å². The van der Waals surface area contributed by atoms with Gasteiger partial charge in [0.2, 0.25) is 0 Å². The van der Waals surface area contributed by atoms with Gasteiger partial charge in [-0.2, -0.15) is 18.3 Å². The Morgan fingerprint density at radius 2 is 2.17 bits per heavy atom. The number of aromatic nitrogens is 2. The van der Waals surface area contributed by atoms with Gasteiger partial charge in [0.05, 0.1) is 17.9 Å². The lowest BCUT2D eigenvalue weighted by Crippen LogP contribution is -2.36. The number of nitrogens with one attached hydrogen (secondary N) is 2. The third kappa shape index (κ3) is 3.77. The van der Waals surface area contributed by atoms with Gasteiger partial charge in [-0.3, -0.25) is 4.79 Å². The molecule has 11 heteroatoms. The van der Waals surface area contributed by atoms with E-state index in [1.807, 2.05) is 0 Å². The normalized spacial score (nSPS) is 18.8. The van der Waals surface area contributed by atoms with E-state index in [9.17, 15) is 23.1 Å². The van der Waals surface area contributed by atoms with Crippen LogP contribution in [0.4, 0.5) is 24.7 Å². The minimum atomic E-state index is -4.53. The van der Waals surface area contributed by atoms with Crippen molar-refractivity contribution in [1.82, 2.24) is 9.78 Å². The molecule has 0 spiro atoms. The minimum Gasteiger partial charge on any atom is -0.506 e. The highest BCUT2D eigenvalue weighted by molar-refractivity contribution is 7.10. The monoisotopic (exact) mass is 442 g/mol. The average Bonchev–Trinajstić information content (AvgIpc) is 3.32. The number of carbonyl (C=O) groups is 1. The van der Waals surface area contributed by atoms with Gasteiger partial charge in [0, 0.05) is 16.3 Å². The van der Waals surface area contributed by atoms with Crippen molar-refractivity contribution in [1.29, 1.82) is 0 Å². The fourth-order valence-corrected chi connectivity index (χ4v) is 4.17. The van der Waals surface area contributed by atoms with Crippen molar-refractivity contribution in [3.8, 4) is 5.75 Å². The largest absolute Gasteiger partial charge is 0.506 e. The summed E-state index contributed by atoms with van der Waals surface area (Å²) in [4.78, 5) is 13.5. The first-order valence-corrected chi connectivity index (χ1v) is 9.74. The smallest absolute Gasteiger partial charge is 0.410 e. The van der Waals surface area contributed by atoms with Crippen LogP contribution in [0.1, 0.15) is 33.7 Å². The Hall–Kier alpha value is -2.72. The molecule has 1 aliphatic rings. The molecule has 0 unspecified atom stereocenters. The fraction of sp³-hybridized carbons (Fsp3) is 0.222. The van der Waals surface area contributed by atoms with Crippen LogP contribution in [-0.4, -0.2) is 27.0 Å². The zero-order valence-electron chi connectivity index (χ0n) is 14.6. The summed E-state index contributed by atoms with van der Waals surface area (Å²) >= 11 is 7.20. The molecular formula is C18H14ClF3N4O2S. The van der Waals surface area contributed by atoms with Crippen LogP contribution in [0.2, 0.25) is 5.02 Å². The second-order valence-corrected chi connectivity index (χ2v) is 7.89. The molecule has 1 amide bonds. The minimum absolute atomic E-state index is 0.0315. The third-order valence-corrected chi connectivity index (χ3v) is 5.80. The number of fused-ring (bicyclic) bond motifs is 1. The van der Waals surface area contributed by atoms with Gasteiger partial charge in [0.15, 0.2) is 6.04 Å². The van der Waals surface area contributed by atoms with Crippen LogP contribution in [0.3, 0.4) is 0 Å². The molecule has 2 aromatic heterocycles. The maximum absolute atomic E-state index is 13.7. The number of benzene rings is 1. The van der Waals surface area contributed by atoms with Gasteiger partial charge >= 0.3 is 6.18 Å². The molecule has 1 aromatic carbocycles. The van der Waals surface area contributed by atoms with Gasteiger partial charge in [-0.05, 0) is 29.6 Å². The zero-order valence-corrected chi connectivity index (χ0v) is 16.1. The van der Waals surface area contributed by atoms with Crippen molar-refractivity contribution in [2.24, 2.45) is 0 Å². The molecule has 3 N–H and O–H groups in total. The van der Waals surface area contributed by atoms with Crippen LogP contribution in [0, 0.1) is 0 Å². The Kier molecular flexibility index (Phi) is 4.91. The quantitative estimate of drug-likeness (QED) is 0.486. The second kappa shape index (κ2) is 7.27. The van der Waals surface area contributed by atoms with Crippen LogP contribution in [-0.2, 0) is 0 Å². The van der Waals surface area contributed by atoms with Crippen LogP contribution >= 0.6 is 22.9 Å². The van der Waals surface area contributed by atoms with Crippen molar-refractivity contribution in [3.05, 3.63) is 57.4 Å². The van der Waals surface area contributed by atoms with Crippen molar-refractivity contribution in [2.75, 3.05) is 10.6 Å². The summed E-state index contributed by atoms with van der Waals surface area (Å²) in [5, 5.41) is 21.2. The molecule has 1 aliphatic heterocycles. The molecule has 4 rings (SSSR count). The molecule has 0 radical (unpaired) electrons. The molecule has 3 aromatic rings. The topological polar surface area (TPSA) is 79.2 Å². The Morgan fingerprint density at radius 3 is 2.86 bits per heavy atom. The van der Waals surface area contributed by atoms with E-state index in [1.165, 1.54) is 29.5 Å². The van der Waals surface area contributed by atoms with E-state index in [4.69, 9.17) is 11.6 Å². The number of carbonyl (C=O) groups excluding carboxylic acids is 1. The van der Waals surface area contributed by atoms with Gasteiger partial charge in [-0.15, -0.1) is 11.3 Å². The summed E-state index contributed by atoms with van der Waals surface area (Å²) < 4.78 is 41.8. The van der Waals surface area contributed by atoms with Crippen molar-refractivity contribution in [3.63, 3.8) is 0 Å². The van der Waals surface area contributed by atoms with Gasteiger partial charge in [-0.1, -0.05) is 17.7 Å². The number of amides is 1. The number of hydrogen-bond donors (Lipinski definition) is 3. The van der Waals surface area contributed by atoms with E-state index >= 15 is 0 Å². The predicted octanol–water partition coefficient (Wildman–Crippen LogP) is 5.22. The molecule has 29 heavy (non-hydrogen) atoms. The number of hydrogen-bond acceptors (Lipinski definition) is 5. The summed E-state index contributed by atoms with van der Waals surface area (Å²) in [6.07, 6.45) is -3.69. The molecule has 0 fully saturated rings. The van der Waals surface area contributed by atoms with E-state index in [2.05, 4.69) is 15.7 Å². The first-order chi connectivity index (χ1) is 13.7. The number of alkyl halides is 3. The van der Waals surface area contributed by atoms with E-state index < -0.39 is 24.2 Å². The Labute approximate surface area is 171 Å². The number of phenolic OH excluding ortho intramolecular Hbond substituents is 1. The van der Waals surface area contributed by atoms with Gasteiger partial charge < -0.3 is 15.7 Å². The maximum Gasteiger partial charge on any atom is 0.410 e. The van der Waals surface area contributed by atoms with Gasteiger partial charge in [0.1, 0.15) is 17.1 Å². The van der Waals surface area contributed by atoms with Gasteiger partial charge in [0.25, 0.3) is 5.91 Å². The molecule has 0 saturated carbocycles. The number of nitrogens with zero attached hydrogens (tertiary/aromatic N) is 2. The summed E-state index contributed by atoms with van der Waals surface area (Å²) in [6.45, 7) is 0. The summed E-state index contributed by atoms with van der Waals surface area (Å²) in [5.41, 5.74) is -0.0275. The highest BCUT2D eigenvalue weighted by atomic mass is 35.5. The highest BCUT2D eigenvalue weighted by Crippen LogP contribution is 2.45. The maximum atomic E-state index is 13.7. The standard InChI is InChI=1S/C18H14ClF3N4O2S/c19-9-3-4-13(27)11(6-9)25-17(28)10-8-23-26-15(18(20,21)22)7-12(24-16(10)26)14-2-1-5-29-14/h1-6,8,12,15,24,27H,7H2,(H,25,28)/t12-,15-/m1/s1. The lowest BCUT2D eigenvalue weighted by Gasteiger charge is -2.33. The number of aromatic hydroxyl groups is 1. The van der Waals surface area contributed by atoms with Crippen LogP contribution < -0.4 is 10.6 Å². The number of anilines is 2. The lowest BCUT2D eigenvalue weighted by atomic mass is 10.0. The number of thiophene rings is 1. The van der Waals surface area contributed by atoms with Gasteiger partial charge in [-0.25, -0.2) is 4.68 Å². The average molecular weight is 443 g/mol. The number of rotatable bonds is 3. The fourth-order valence-electron chi connectivity index (χ4n) is 3.20. The van der Waals surface area contributed by atoms with E-state index in [0.29, 0.717) is 0 Å². The highest BCUT2D eigenvalue weighted by Gasteiger charge is 2.47. The Bertz CT molecular complexity index is 1050. The molecule has 0 aliphatic carbocycles. The molecule has 0 saturated heterocycles. The number of halogens is 4. The lowest BCUT2D eigenvalue weighted by molar-refractivity contribution is -0.173. The Balaban J connectivity index is 1.70. The van der Waals surface area contributed by atoms with E-state index in [0.717, 1.165) is 15.8 Å². The zero-order chi connectivity index (χ0) is 20.8. The summed E-state index contributed by atoms with van der Waals surface area (Å²) in [6, 6.07) is 5.09. The molecule has 3 heterocycles. The molecule has 152 valence electrons. The van der Waals surface area contributed by atoms with Crippen LogP contribution in [0.25, 0.3) is 0 Å². The van der Waals surface area contributed by atoms with Crippen LogP contribution in [0.15, 0.2) is 41.9 Å². The first-order valence-electron chi connectivity index (χ1n) is 8.48. The molecule has 6 nitrogen and oxygen atoms in total.